The van der Waals surface area contributed by atoms with Crippen molar-refractivity contribution in [1.82, 2.24) is 4.90 Å². The summed E-state index contributed by atoms with van der Waals surface area (Å²) in [6.07, 6.45) is 0.106. The summed E-state index contributed by atoms with van der Waals surface area (Å²) >= 11 is 0. The Balaban J connectivity index is 2.08. The summed E-state index contributed by atoms with van der Waals surface area (Å²) in [4.78, 5) is 14.1. The Morgan fingerprint density at radius 3 is 2.75 bits per heavy atom. The van der Waals surface area contributed by atoms with Gasteiger partial charge < -0.3 is 19.5 Å². The van der Waals surface area contributed by atoms with Gasteiger partial charge in [-0.1, -0.05) is 0 Å². The maximum atomic E-state index is 12.4. The molecule has 1 aliphatic heterocycles. The first-order chi connectivity index (χ1) is 9.61. The molecule has 0 radical (unpaired) electrons. The quantitative estimate of drug-likeness (QED) is 0.902. The van der Waals surface area contributed by atoms with Crippen LogP contribution in [0.1, 0.15) is 24.2 Å². The van der Waals surface area contributed by atoms with Crippen LogP contribution in [-0.4, -0.2) is 54.4 Å². The minimum absolute atomic E-state index is 0.0801. The van der Waals surface area contributed by atoms with Crippen LogP contribution in [0.15, 0.2) is 24.3 Å². The van der Waals surface area contributed by atoms with Crippen molar-refractivity contribution in [3.8, 4) is 5.75 Å². The summed E-state index contributed by atoms with van der Waals surface area (Å²) in [5, 5.41) is 9.31. The summed E-state index contributed by atoms with van der Waals surface area (Å²) in [6, 6.07) is 6.83. The molecule has 1 amide bonds. The first-order valence-corrected chi connectivity index (χ1v) is 6.88. The second-order valence-electron chi connectivity index (χ2n) is 5.10. The maximum Gasteiger partial charge on any atom is 0.254 e. The molecule has 1 aromatic carbocycles. The van der Waals surface area contributed by atoms with Gasteiger partial charge in [0.15, 0.2) is 0 Å². The van der Waals surface area contributed by atoms with Crippen molar-refractivity contribution < 1.29 is 19.4 Å². The number of amides is 1. The minimum atomic E-state index is -0.261. The molecule has 20 heavy (non-hydrogen) atoms. The van der Waals surface area contributed by atoms with Crippen LogP contribution < -0.4 is 4.74 Å². The molecule has 1 fully saturated rings. The maximum absolute atomic E-state index is 12.4. The predicted molar refractivity (Wildman–Crippen MR) is 74.9 cm³/mol. The van der Waals surface area contributed by atoms with Gasteiger partial charge in [-0.05, 0) is 38.1 Å². The van der Waals surface area contributed by atoms with Crippen LogP contribution in [0.2, 0.25) is 0 Å². The topological polar surface area (TPSA) is 59.0 Å². The zero-order valence-corrected chi connectivity index (χ0v) is 11.9. The van der Waals surface area contributed by atoms with Crippen LogP contribution in [0, 0.1) is 0 Å². The van der Waals surface area contributed by atoms with Crippen molar-refractivity contribution in [2.24, 2.45) is 0 Å². The van der Waals surface area contributed by atoms with Crippen LogP contribution in [0.4, 0.5) is 0 Å². The van der Waals surface area contributed by atoms with Crippen molar-refractivity contribution in [2.75, 3.05) is 26.4 Å². The molecule has 2 rings (SSSR count). The molecule has 1 atom stereocenters. The zero-order chi connectivity index (χ0) is 14.5. The second kappa shape index (κ2) is 6.72. The molecule has 1 heterocycles. The van der Waals surface area contributed by atoms with Gasteiger partial charge in [0.25, 0.3) is 5.91 Å². The van der Waals surface area contributed by atoms with Crippen molar-refractivity contribution in [2.45, 2.75) is 26.0 Å². The number of morpholine rings is 1. The van der Waals surface area contributed by atoms with Crippen molar-refractivity contribution >= 4 is 5.91 Å². The molecule has 1 N–H and O–H groups in total. The molecule has 1 unspecified atom stereocenters. The van der Waals surface area contributed by atoms with Gasteiger partial charge in [-0.3, -0.25) is 4.79 Å². The predicted octanol–water partition coefficient (Wildman–Crippen LogP) is 1.31. The molecule has 0 spiro atoms. The SMILES string of the molecule is CC(C)Oc1ccc(C(=O)N2CCOCC2CO)cc1. The lowest BCUT2D eigenvalue weighted by Gasteiger charge is -2.34. The molecule has 1 aromatic rings. The van der Waals surface area contributed by atoms with Gasteiger partial charge in [0.1, 0.15) is 5.75 Å². The molecule has 0 bridgehead atoms. The Bertz CT molecular complexity index is 444. The van der Waals surface area contributed by atoms with E-state index in [1.807, 2.05) is 13.8 Å². The molecule has 5 nitrogen and oxygen atoms in total. The number of benzene rings is 1. The molecule has 5 heteroatoms. The van der Waals surface area contributed by atoms with E-state index >= 15 is 0 Å². The molecule has 0 aromatic heterocycles. The molecular formula is C15H21NO4. The number of aliphatic hydroxyl groups is 1. The van der Waals surface area contributed by atoms with E-state index in [9.17, 15) is 9.90 Å². The molecule has 110 valence electrons. The van der Waals surface area contributed by atoms with E-state index in [1.54, 1.807) is 29.2 Å². The fourth-order valence-corrected chi connectivity index (χ4v) is 2.19. The summed E-state index contributed by atoms with van der Waals surface area (Å²) < 4.78 is 10.8. The van der Waals surface area contributed by atoms with Gasteiger partial charge in [0.2, 0.25) is 0 Å². The van der Waals surface area contributed by atoms with E-state index in [0.717, 1.165) is 5.75 Å². The number of carbonyl (C=O) groups is 1. The van der Waals surface area contributed by atoms with Crippen LogP contribution in [-0.2, 0) is 4.74 Å². The van der Waals surface area contributed by atoms with E-state index in [4.69, 9.17) is 9.47 Å². The third-order valence-electron chi connectivity index (χ3n) is 3.17. The Labute approximate surface area is 119 Å². The lowest BCUT2D eigenvalue weighted by molar-refractivity contribution is -0.0183. The lowest BCUT2D eigenvalue weighted by atomic mass is 10.1. The lowest BCUT2D eigenvalue weighted by Crippen LogP contribution is -2.50. The Kier molecular flexibility index (Phi) is 4.98. The summed E-state index contributed by atoms with van der Waals surface area (Å²) in [5.41, 5.74) is 0.599. The second-order valence-corrected chi connectivity index (χ2v) is 5.10. The van der Waals surface area contributed by atoms with Gasteiger partial charge in [-0.25, -0.2) is 0 Å². The summed E-state index contributed by atoms with van der Waals surface area (Å²) in [5.74, 6) is 0.667. The van der Waals surface area contributed by atoms with Gasteiger partial charge in [0, 0.05) is 12.1 Å². The first kappa shape index (κ1) is 14.8. The number of rotatable bonds is 4. The van der Waals surface area contributed by atoms with Crippen LogP contribution >= 0.6 is 0 Å². The fraction of sp³-hybridized carbons (Fsp3) is 0.533. The van der Waals surface area contributed by atoms with E-state index in [0.29, 0.717) is 25.3 Å². The molecule has 1 saturated heterocycles. The highest BCUT2D eigenvalue weighted by atomic mass is 16.5. The van der Waals surface area contributed by atoms with Gasteiger partial charge in [-0.15, -0.1) is 0 Å². The largest absolute Gasteiger partial charge is 0.491 e. The Morgan fingerprint density at radius 1 is 1.45 bits per heavy atom. The van der Waals surface area contributed by atoms with Gasteiger partial charge in [0.05, 0.1) is 32.0 Å². The molecular weight excluding hydrogens is 258 g/mol. The average molecular weight is 279 g/mol. The van der Waals surface area contributed by atoms with Gasteiger partial charge in [-0.2, -0.15) is 0 Å². The van der Waals surface area contributed by atoms with Crippen molar-refractivity contribution in [1.29, 1.82) is 0 Å². The van der Waals surface area contributed by atoms with Crippen LogP contribution in [0.3, 0.4) is 0 Å². The number of aliphatic hydroxyl groups excluding tert-OH is 1. The Hall–Kier alpha value is -1.59. The Morgan fingerprint density at radius 2 is 2.15 bits per heavy atom. The highest BCUT2D eigenvalue weighted by Crippen LogP contribution is 2.17. The number of hydrogen-bond donors (Lipinski definition) is 1. The fourth-order valence-electron chi connectivity index (χ4n) is 2.19. The van der Waals surface area contributed by atoms with Crippen molar-refractivity contribution in [3.05, 3.63) is 29.8 Å². The minimum Gasteiger partial charge on any atom is -0.491 e. The normalized spacial score (nSPS) is 19.2. The number of nitrogens with zero attached hydrogens (tertiary/aromatic N) is 1. The molecule has 1 aliphatic rings. The van der Waals surface area contributed by atoms with Crippen LogP contribution in [0.25, 0.3) is 0 Å². The summed E-state index contributed by atoms with van der Waals surface area (Å²) in [7, 11) is 0. The third-order valence-corrected chi connectivity index (χ3v) is 3.17. The van der Waals surface area contributed by atoms with E-state index < -0.39 is 0 Å². The van der Waals surface area contributed by atoms with E-state index in [1.165, 1.54) is 0 Å². The molecule has 0 aliphatic carbocycles. The van der Waals surface area contributed by atoms with Crippen LogP contribution in [0.5, 0.6) is 5.75 Å². The smallest absolute Gasteiger partial charge is 0.254 e. The number of carbonyl (C=O) groups excluding carboxylic acids is 1. The molecule has 0 saturated carbocycles. The van der Waals surface area contributed by atoms with E-state index in [2.05, 4.69) is 0 Å². The van der Waals surface area contributed by atoms with Crippen molar-refractivity contribution in [3.63, 3.8) is 0 Å². The summed E-state index contributed by atoms with van der Waals surface area (Å²) in [6.45, 7) is 5.24. The number of ether oxygens (including phenoxy) is 2. The monoisotopic (exact) mass is 279 g/mol. The standard InChI is InChI=1S/C15H21NO4/c1-11(2)20-14-5-3-12(4-6-14)15(18)16-7-8-19-10-13(16)9-17/h3-6,11,13,17H,7-10H2,1-2H3. The first-order valence-electron chi connectivity index (χ1n) is 6.88. The third kappa shape index (κ3) is 3.49. The van der Waals surface area contributed by atoms with E-state index in [-0.39, 0.29) is 24.7 Å². The van der Waals surface area contributed by atoms with Gasteiger partial charge >= 0.3 is 0 Å². The average Bonchev–Trinajstić information content (AvgIpc) is 2.46. The zero-order valence-electron chi connectivity index (χ0n) is 11.9. The highest BCUT2D eigenvalue weighted by Gasteiger charge is 2.27. The highest BCUT2D eigenvalue weighted by molar-refractivity contribution is 5.94. The number of hydrogen-bond acceptors (Lipinski definition) is 4.